The number of thiol groups is 1. The second kappa shape index (κ2) is 3.03. The highest BCUT2D eigenvalue weighted by atomic mass is 32.1. The first-order chi connectivity index (χ1) is 6.24. The highest BCUT2D eigenvalue weighted by Crippen LogP contribution is 2.44. The molecule has 0 saturated heterocycles. The lowest BCUT2D eigenvalue weighted by atomic mass is 10.1. The van der Waals surface area contributed by atoms with Gasteiger partial charge < -0.3 is 5.11 Å². The lowest BCUT2D eigenvalue weighted by molar-refractivity contribution is 0.111. The van der Waals surface area contributed by atoms with Gasteiger partial charge in [-0.2, -0.15) is 0 Å². The number of hydrogen-bond donors (Lipinski definition) is 2. The number of aldehydes is 1. The van der Waals surface area contributed by atoms with Gasteiger partial charge in [-0.05, 0) is 12.8 Å². The van der Waals surface area contributed by atoms with Gasteiger partial charge in [0.2, 0.25) is 0 Å². The summed E-state index contributed by atoms with van der Waals surface area (Å²) in [5, 5.41) is 9.64. The molecule has 1 fully saturated rings. The van der Waals surface area contributed by atoms with Gasteiger partial charge in [-0.15, -0.1) is 12.6 Å². The number of carbonyl (C=O) groups is 1. The average Bonchev–Trinajstić information content (AvgIpc) is 2.88. The van der Waals surface area contributed by atoms with E-state index in [1.54, 1.807) is 0 Å². The van der Waals surface area contributed by atoms with Crippen LogP contribution in [0.15, 0.2) is 11.1 Å². The summed E-state index contributed by atoms with van der Waals surface area (Å²) < 4.78 is 0. The van der Waals surface area contributed by atoms with Crippen molar-refractivity contribution >= 4 is 18.9 Å². The molecular formula is C9H9NO2S. The van der Waals surface area contributed by atoms with Crippen molar-refractivity contribution < 1.29 is 9.90 Å². The number of aromatic hydroxyl groups is 1. The third-order valence-corrected chi connectivity index (χ3v) is 2.54. The molecule has 0 unspecified atom stereocenters. The van der Waals surface area contributed by atoms with Crippen molar-refractivity contribution in [1.82, 2.24) is 4.98 Å². The number of pyridine rings is 1. The Morgan fingerprint density at radius 3 is 2.85 bits per heavy atom. The van der Waals surface area contributed by atoms with Gasteiger partial charge in [0.1, 0.15) is 5.75 Å². The molecule has 1 saturated carbocycles. The van der Waals surface area contributed by atoms with E-state index in [2.05, 4.69) is 17.6 Å². The van der Waals surface area contributed by atoms with Crippen molar-refractivity contribution in [3.63, 3.8) is 0 Å². The van der Waals surface area contributed by atoms with Crippen LogP contribution in [0, 0.1) is 0 Å². The number of aromatic nitrogens is 1. The highest BCUT2D eigenvalue weighted by molar-refractivity contribution is 7.80. The summed E-state index contributed by atoms with van der Waals surface area (Å²) in [7, 11) is 0. The smallest absolute Gasteiger partial charge is 0.155 e. The predicted molar refractivity (Wildman–Crippen MR) is 50.5 cm³/mol. The van der Waals surface area contributed by atoms with Crippen LogP contribution in [-0.2, 0) is 0 Å². The van der Waals surface area contributed by atoms with E-state index >= 15 is 0 Å². The zero-order valence-corrected chi connectivity index (χ0v) is 7.79. The van der Waals surface area contributed by atoms with E-state index in [9.17, 15) is 9.90 Å². The van der Waals surface area contributed by atoms with E-state index in [-0.39, 0.29) is 11.3 Å². The topological polar surface area (TPSA) is 50.2 Å². The molecule has 2 rings (SSSR count). The maximum Gasteiger partial charge on any atom is 0.155 e. The molecule has 1 aliphatic carbocycles. The van der Waals surface area contributed by atoms with Gasteiger partial charge in [0.15, 0.2) is 6.29 Å². The molecule has 0 aliphatic heterocycles. The minimum Gasteiger partial charge on any atom is -0.505 e. The molecule has 1 heterocycles. The lowest BCUT2D eigenvalue weighted by Crippen LogP contribution is -1.93. The molecule has 3 nitrogen and oxygen atoms in total. The Kier molecular flexibility index (Phi) is 2.00. The van der Waals surface area contributed by atoms with Gasteiger partial charge >= 0.3 is 0 Å². The number of hydrogen-bond acceptors (Lipinski definition) is 4. The molecule has 1 N–H and O–H groups in total. The minimum absolute atomic E-state index is 0.00463. The van der Waals surface area contributed by atoms with E-state index in [0.717, 1.165) is 12.8 Å². The maximum absolute atomic E-state index is 10.6. The third kappa shape index (κ3) is 1.42. The van der Waals surface area contributed by atoms with Crippen LogP contribution in [-0.4, -0.2) is 16.4 Å². The molecule has 1 aromatic heterocycles. The summed E-state index contributed by atoms with van der Waals surface area (Å²) in [4.78, 5) is 15.1. The number of carbonyl (C=O) groups excluding carboxylic acids is 1. The van der Waals surface area contributed by atoms with E-state index in [0.29, 0.717) is 22.8 Å². The first-order valence-electron chi connectivity index (χ1n) is 4.10. The molecular weight excluding hydrogens is 186 g/mol. The first-order valence-corrected chi connectivity index (χ1v) is 4.54. The maximum atomic E-state index is 10.6. The molecule has 1 aromatic rings. The van der Waals surface area contributed by atoms with Crippen molar-refractivity contribution in [2.24, 2.45) is 0 Å². The van der Waals surface area contributed by atoms with Crippen LogP contribution in [0.1, 0.15) is 34.8 Å². The Hall–Kier alpha value is -1.03. The summed E-state index contributed by atoms with van der Waals surface area (Å²) in [6.07, 6.45) is 4.22. The van der Waals surface area contributed by atoms with Crippen LogP contribution in [0.2, 0.25) is 0 Å². The number of nitrogens with zero attached hydrogens (tertiary/aromatic N) is 1. The Morgan fingerprint density at radius 2 is 2.31 bits per heavy atom. The van der Waals surface area contributed by atoms with E-state index < -0.39 is 0 Å². The Bertz CT molecular complexity index is 361. The van der Waals surface area contributed by atoms with Gasteiger partial charge in [-0.25, -0.2) is 0 Å². The van der Waals surface area contributed by atoms with Crippen molar-refractivity contribution in [1.29, 1.82) is 0 Å². The molecule has 1 aliphatic rings. The van der Waals surface area contributed by atoms with Crippen molar-refractivity contribution in [2.75, 3.05) is 0 Å². The largest absolute Gasteiger partial charge is 0.505 e. The molecule has 68 valence electrons. The fourth-order valence-electron chi connectivity index (χ4n) is 1.29. The predicted octanol–water partition coefficient (Wildman–Crippen LogP) is 1.77. The van der Waals surface area contributed by atoms with Gasteiger partial charge in [0.25, 0.3) is 0 Å². The second-order valence-electron chi connectivity index (χ2n) is 3.18. The highest BCUT2D eigenvalue weighted by Gasteiger charge is 2.29. The average molecular weight is 195 g/mol. The number of rotatable bonds is 2. The zero-order chi connectivity index (χ0) is 9.42. The first kappa shape index (κ1) is 8.56. The standard InChI is InChI=1S/C9H9NO2S/c11-4-6-7(13)3-10-8(9(6)12)5-1-2-5/h3-5,12-13H,1-2H2. The SMILES string of the molecule is O=Cc1c(S)cnc(C2CC2)c1O. The van der Waals surface area contributed by atoms with Gasteiger partial charge in [-0.3, -0.25) is 9.78 Å². The Balaban J connectivity index is 2.53. The van der Waals surface area contributed by atoms with E-state index in [1.807, 2.05) is 0 Å². The lowest BCUT2D eigenvalue weighted by Gasteiger charge is -2.05. The molecule has 4 heteroatoms. The molecule has 0 spiro atoms. The summed E-state index contributed by atoms with van der Waals surface area (Å²) in [5.41, 5.74) is 0.889. The van der Waals surface area contributed by atoms with Gasteiger partial charge in [-0.1, -0.05) is 0 Å². The van der Waals surface area contributed by atoms with E-state index in [1.165, 1.54) is 6.20 Å². The molecule has 0 bridgehead atoms. The molecule has 0 aromatic carbocycles. The summed E-state index contributed by atoms with van der Waals surface area (Å²) >= 11 is 4.03. The fraction of sp³-hybridized carbons (Fsp3) is 0.333. The quantitative estimate of drug-likeness (QED) is 0.558. The molecule has 0 radical (unpaired) electrons. The summed E-state index contributed by atoms with van der Waals surface area (Å²) in [5.74, 6) is 0.345. The van der Waals surface area contributed by atoms with Gasteiger partial charge in [0.05, 0.1) is 11.3 Å². The summed E-state index contributed by atoms with van der Waals surface area (Å²) in [6, 6.07) is 0. The van der Waals surface area contributed by atoms with Crippen molar-refractivity contribution in [2.45, 2.75) is 23.7 Å². The van der Waals surface area contributed by atoms with Crippen LogP contribution >= 0.6 is 12.6 Å². The third-order valence-electron chi connectivity index (χ3n) is 2.18. The Labute approximate surface area is 81.2 Å². The molecule has 0 atom stereocenters. The van der Waals surface area contributed by atoms with Crippen LogP contribution in [0.5, 0.6) is 5.75 Å². The van der Waals surface area contributed by atoms with Crippen LogP contribution < -0.4 is 0 Å². The Morgan fingerprint density at radius 1 is 1.62 bits per heavy atom. The fourth-order valence-corrected chi connectivity index (χ4v) is 1.51. The van der Waals surface area contributed by atoms with Crippen molar-refractivity contribution in [3.05, 3.63) is 17.5 Å². The monoisotopic (exact) mass is 195 g/mol. The molecule has 0 amide bonds. The van der Waals surface area contributed by atoms with Crippen LogP contribution in [0.4, 0.5) is 0 Å². The molecule has 13 heavy (non-hydrogen) atoms. The normalized spacial score (nSPS) is 15.8. The second-order valence-corrected chi connectivity index (χ2v) is 3.66. The van der Waals surface area contributed by atoms with Crippen molar-refractivity contribution in [3.8, 4) is 5.75 Å². The zero-order valence-electron chi connectivity index (χ0n) is 6.90. The minimum atomic E-state index is 0.00463. The van der Waals surface area contributed by atoms with Crippen LogP contribution in [0.3, 0.4) is 0 Å². The van der Waals surface area contributed by atoms with E-state index in [4.69, 9.17) is 0 Å². The van der Waals surface area contributed by atoms with Gasteiger partial charge in [0, 0.05) is 17.0 Å². The van der Waals surface area contributed by atoms with Crippen LogP contribution in [0.25, 0.3) is 0 Å². The summed E-state index contributed by atoms with van der Waals surface area (Å²) in [6.45, 7) is 0.